The Morgan fingerprint density at radius 3 is 2.00 bits per heavy atom. The summed E-state index contributed by atoms with van der Waals surface area (Å²) >= 11 is 5.91. The molecule has 1 fully saturated rings. The molecule has 1 aliphatic rings. The zero-order valence-electron chi connectivity index (χ0n) is 12.3. The molecule has 0 radical (unpaired) electrons. The van der Waals surface area contributed by atoms with Crippen molar-refractivity contribution in [3.63, 3.8) is 0 Å². The molecule has 0 aromatic carbocycles. The van der Waals surface area contributed by atoms with Crippen LogP contribution in [0.5, 0.6) is 0 Å². The van der Waals surface area contributed by atoms with Gasteiger partial charge in [0.15, 0.2) is 0 Å². The molecule has 1 aliphatic heterocycles. The van der Waals surface area contributed by atoms with Crippen molar-refractivity contribution in [1.29, 1.82) is 0 Å². The topological polar surface area (TPSA) is 3.24 Å². The van der Waals surface area contributed by atoms with Gasteiger partial charge in [0, 0.05) is 5.88 Å². The van der Waals surface area contributed by atoms with Crippen LogP contribution in [-0.2, 0) is 0 Å². The summed E-state index contributed by atoms with van der Waals surface area (Å²) in [7, 11) is 0. The molecule has 0 bridgehead atoms. The van der Waals surface area contributed by atoms with Crippen molar-refractivity contribution in [2.45, 2.75) is 71.1 Å². The third-order valence-corrected chi connectivity index (χ3v) is 4.69. The molecule has 0 aliphatic carbocycles. The van der Waals surface area contributed by atoms with E-state index in [0.29, 0.717) is 0 Å². The van der Waals surface area contributed by atoms with Crippen LogP contribution >= 0.6 is 11.6 Å². The van der Waals surface area contributed by atoms with Crippen LogP contribution in [0.3, 0.4) is 0 Å². The highest BCUT2D eigenvalue weighted by Crippen LogP contribution is 2.18. The van der Waals surface area contributed by atoms with Gasteiger partial charge in [0.2, 0.25) is 0 Å². The summed E-state index contributed by atoms with van der Waals surface area (Å²) in [6, 6.07) is 0. The first-order chi connectivity index (χ1) is 8.86. The SMILES string of the molecule is CCCCCCCCCCN1CCC(CCl)CC1. The first-order valence-corrected chi connectivity index (χ1v) is 8.68. The third-order valence-electron chi connectivity index (χ3n) is 4.25. The fourth-order valence-electron chi connectivity index (χ4n) is 2.83. The monoisotopic (exact) mass is 273 g/mol. The lowest BCUT2D eigenvalue weighted by Gasteiger charge is -2.30. The third kappa shape index (κ3) is 7.63. The second kappa shape index (κ2) is 11.1. The number of halogens is 1. The predicted octanol–water partition coefficient (Wildman–Crippen LogP) is 5.08. The lowest BCUT2D eigenvalue weighted by atomic mass is 9.98. The maximum absolute atomic E-state index is 5.91. The fraction of sp³-hybridized carbons (Fsp3) is 1.00. The minimum absolute atomic E-state index is 0.793. The largest absolute Gasteiger partial charge is 0.303 e. The van der Waals surface area contributed by atoms with Gasteiger partial charge in [-0.15, -0.1) is 11.6 Å². The first kappa shape index (κ1) is 16.3. The average molecular weight is 274 g/mol. The molecule has 2 heteroatoms. The summed E-state index contributed by atoms with van der Waals surface area (Å²) in [6.07, 6.45) is 14.1. The van der Waals surface area contributed by atoms with Crippen LogP contribution in [0.25, 0.3) is 0 Å². The number of alkyl halides is 1. The molecular weight excluding hydrogens is 242 g/mol. The van der Waals surface area contributed by atoms with Crippen LogP contribution in [-0.4, -0.2) is 30.4 Å². The zero-order chi connectivity index (χ0) is 13.1. The smallest absolute Gasteiger partial charge is 0.0252 e. The van der Waals surface area contributed by atoms with E-state index in [2.05, 4.69) is 11.8 Å². The van der Waals surface area contributed by atoms with E-state index in [1.165, 1.54) is 83.8 Å². The van der Waals surface area contributed by atoms with E-state index < -0.39 is 0 Å². The van der Waals surface area contributed by atoms with Crippen molar-refractivity contribution in [3.8, 4) is 0 Å². The molecule has 0 atom stereocenters. The Bertz CT molecular complexity index is 176. The number of likely N-dealkylation sites (tertiary alicyclic amines) is 1. The molecule has 0 amide bonds. The highest BCUT2D eigenvalue weighted by Gasteiger charge is 2.17. The summed E-state index contributed by atoms with van der Waals surface area (Å²) in [5.74, 6) is 1.66. The molecule has 0 N–H and O–H groups in total. The van der Waals surface area contributed by atoms with Crippen LogP contribution in [0.15, 0.2) is 0 Å². The second-order valence-corrected chi connectivity index (χ2v) is 6.22. The molecule has 0 saturated carbocycles. The number of hydrogen-bond acceptors (Lipinski definition) is 1. The minimum Gasteiger partial charge on any atom is -0.303 e. The van der Waals surface area contributed by atoms with Crippen LogP contribution in [0.2, 0.25) is 0 Å². The molecule has 0 aromatic heterocycles. The molecule has 1 nitrogen and oxygen atoms in total. The summed E-state index contributed by atoms with van der Waals surface area (Å²) in [5, 5.41) is 0. The normalized spacial score (nSPS) is 18.3. The second-order valence-electron chi connectivity index (χ2n) is 5.91. The summed E-state index contributed by atoms with van der Waals surface area (Å²) in [5.41, 5.74) is 0. The van der Waals surface area contributed by atoms with Gasteiger partial charge in [0.05, 0.1) is 0 Å². The number of hydrogen-bond donors (Lipinski definition) is 0. The minimum atomic E-state index is 0.793. The number of nitrogens with zero attached hydrogens (tertiary/aromatic N) is 1. The predicted molar refractivity (Wildman–Crippen MR) is 82.5 cm³/mol. The van der Waals surface area contributed by atoms with Crippen LogP contribution in [0, 0.1) is 5.92 Å². The van der Waals surface area contributed by atoms with Gasteiger partial charge in [0.1, 0.15) is 0 Å². The van der Waals surface area contributed by atoms with E-state index in [4.69, 9.17) is 11.6 Å². The Labute approximate surface area is 119 Å². The molecular formula is C16H32ClN. The van der Waals surface area contributed by atoms with Gasteiger partial charge in [-0.3, -0.25) is 0 Å². The first-order valence-electron chi connectivity index (χ1n) is 8.15. The van der Waals surface area contributed by atoms with Crippen molar-refractivity contribution in [3.05, 3.63) is 0 Å². The van der Waals surface area contributed by atoms with Crippen molar-refractivity contribution >= 4 is 11.6 Å². The van der Waals surface area contributed by atoms with E-state index in [1.54, 1.807) is 0 Å². The molecule has 1 saturated heterocycles. The fourth-order valence-corrected chi connectivity index (χ4v) is 3.14. The Balaban J connectivity index is 1.84. The molecule has 108 valence electrons. The van der Waals surface area contributed by atoms with Gasteiger partial charge < -0.3 is 4.90 Å². The summed E-state index contributed by atoms with van der Waals surface area (Å²) < 4.78 is 0. The zero-order valence-corrected chi connectivity index (χ0v) is 13.1. The van der Waals surface area contributed by atoms with E-state index in [9.17, 15) is 0 Å². The van der Waals surface area contributed by atoms with Crippen molar-refractivity contribution < 1.29 is 0 Å². The maximum atomic E-state index is 5.91. The molecule has 0 unspecified atom stereocenters. The number of rotatable bonds is 10. The Morgan fingerprint density at radius 2 is 1.44 bits per heavy atom. The molecule has 1 rings (SSSR count). The van der Waals surface area contributed by atoms with Crippen molar-refractivity contribution in [2.75, 3.05) is 25.5 Å². The van der Waals surface area contributed by atoms with Gasteiger partial charge in [0.25, 0.3) is 0 Å². The standard InChI is InChI=1S/C16H32ClN/c1-2-3-4-5-6-7-8-9-12-18-13-10-16(15-17)11-14-18/h16H,2-15H2,1H3. The van der Waals surface area contributed by atoms with Crippen molar-refractivity contribution in [2.24, 2.45) is 5.92 Å². The van der Waals surface area contributed by atoms with Gasteiger partial charge in [-0.2, -0.15) is 0 Å². The van der Waals surface area contributed by atoms with E-state index in [1.807, 2.05) is 0 Å². The van der Waals surface area contributed by atoms with Crippen molar-refractivity contribution in [1.82, 2.24) is 4.90 Å². The van der Waals surface area contributed by atoms with Gasteiger partial charge >= 0.3 is 0 Å². The summed E-state index contributed by atoms with van der Waals surface area (Å²) in [6.45, 7) is 6.18. The number of unbranched alkanes of at least 4 members (excludes halogenated alkanes) is 7. The number of piperidine rings is 1. The Hall–Kier alpha value is 0.250. The Kier molecular flexibility index (Phi) is 10.1. The van der Waals surface area contributed by atoms with Crippen LogP contribution in [0.4, 0.5) is 0 Å². The summed E-state index contributed by atoms with van der Waals surface area (Å²) in [4.78, 5) is 2.64. The average Bonchev–Trinajstić information content (AvgIpc) is 2.42. The van der Waals surface area contributed by atoms with Gasteiger partial charge in [-0.05, 0) is 44.8 Å². The lowest BCUT2D eigenvalue weighted by Crippen LogP contribution is -2.34. The van der Waals surface area contributed by atoms with Gasteiger partial charge in [-0.25, -0.2) is 0 Å². The Morgan fingerprint density at radius 1 is 0.889 bits per heavy atom. The van der Waals surface area contributed by atoms with Crippen LogP contribution in [0.1, 0.15) is 71.1 Å². The van der Waals surface area contributed by atoms with E-state index in [0.717, 1.165) is 11.8 Å². The van der Waals surface area contributed by atoms with E-state index in [-0.39, 0.29) is 0 Å². The van der Waals surface area contributed by atoms with Gasteiger partial charge in [-0.1, -0.05) is 51.9 Å². The van der Waals surface area contributed by atoms with Crippen LogP contribution < -0.4 is 0 Å². The quantitative estimate of drug-likeness (QED) is 0.396. The molecule has 1 heterocycles. The van der Waals surface area contributed by atoms with E-state index >= 15 is 0 Å². The maximum Gasteiger partial charge on any atom is 0.0252 e. The molecule has 0 spiro atoms. The molecule has 0 aromatic rings. The highest BCUT2D eigenvalue weighted by atomic mass is 35.5. The molecule has 18 heavy (non-hydrogen) atoms. The lowest BCUT2D eigenvalue weighted by molar-refractivity contribution is 0.190. The highest BCUT2D eigenvalue weighted by molar-refractivity contribution is 6.18.